The Balaban J connectivity index is 1.68. The van der Waals surface area contributed by atoms with E-state index in [0.29, 0.717) is 18.1 Å². The minimum atomic E-state index is -0.415. The van der Waals surface area contributed by atoms with E-state index in [4.69, 9.17) is 4.74 Å². The van der Waals surface area contributed by atoms with Gasteiger partial charge in [-0.2, -0.15) is 0 Å². The number of rotatable bonds is 7. The maximum absolute atomic E-state index is 14.4. The summed E-state index contributed by atoms with van der Waals surface area (Å²) in [6, 6.07) is 11.9. The minimum Gasteiger partial charge on any atom is -0.494 e. The summed E-state index contributed by atoms with van der Waals surface area (Å²) < 4.78 is 20.1. The number of carbonyl (C=O) groups is 1. The minimum absolute atomic E-state index is 0.252. The van der Waals surface area contributed by atoms with Crippen molar-refractivity contribution < 1.29 is 13.9 Å². The second-order valence-corrected chi connectivity index (χ2v) is 7.34. The molecule has 0 bridgehead atoms. The van der Waals surface area contributed by atoms with Crippen LogP contribution < -0.4 is 15.0 Å². The molecule has 0 atom stereocenters. The molecule has 1 amide bonds. The molecule has 144 valence electrons. The zero-order valence-electron chi connectivity index (χ0n) is 16.0. The third kappa shape index (κ3) is 5.00. The van der Waals surface area contributed by atoms with Crippen LogP contribution in [0.25, 0.3) is 0 Å². The molecule has 0 spiro atoms. The van der Waals surface area contributed by atoms with E-state index in [1.807, 2.05) is 6.07 Å². The predicted octanol–water partition coefficient (Wildman–Crippen LogP) is 5.10. The molecular formula is C22H27FN2O2. The number of nitrogens with one attached hydrogen (secondary N) is 1. The molecule has 1 fully saturated rings. The van der Waals surface area contributed by atoms with Crippen molar-refractivity contribution in [2.24, 2.45) is 5.92 Å². The molecule has 0 unspecified atom stereocenters. The lowest BCUT2D eigenvalue weighted by molar-refractivity contribution is 0.102. The zero-order chi connectivity index (χ0) is 19.2. The molecule has 4 nitrogen and oxygen atoms in total. The average Bonchev–Trinajstić information content (AvgIpc) is 3.18. The number of ether oxygens (including phenoxy) is 1. The molecule has 3 rings (SSSR count). The molecule has 1 saturated heterocycles. The van der Waals surface area contributed by atoms with E-state index in [2.05, 4.69) is 24.1 Å². The topological polar surface area (TPSA) is 41.6 Å². The first-order valence-electron chi connectivity index (χ1n) is 9.62. The predicted molar refractivity (Wildman–Crippen MR) is 107 cm³/mol. The summed E-state index contributed by atoms with van der Waals surface area (Å²) in [6.45, 7) is 6.72. The van der Waals surface area contributed by atoms with Crippen molar-refractivity contribution in [3.63, 3.8) is 0 Å². The molecule has 1 aliphatic heterocycles. The Morgan fingerprint density at radius 2 is 1.85 bits per heavy atom. The monoisotopic (exact) mass is 370 g/mol. The van der Waals surface area contributed by atoms with E-state index in [0.717, 1.165) is 43.8 Å². The van der Waals surface area contributed by atoms with Crippen LogP contribution in [0, 0.1) is 11.7 Å². The van der Waals surface area contributed by atoms with Gasteiger partial charge < -0.3 is 15.0 Å². The number of hydrogen-bond donors (Lipinski definition) is 1. The molecule has 0 aromatic heterocycles. The van der Waals surface area contributed by atoms with Gasteiger partial charge in [-0.1, -0.05) is 19.9 Å². The summed E-state index contributed by atoms with van der Waals surface area (Å²) in [6.07, 6.45) is 3.15. The second-order valence-electron chi connectivity index (χ2n) is 7.34. The van der Waals surface area contributed by atoms with Crippen LogP contribution in [-0.2, 0) is 0 Å². The van der Waals surface area contributed by atoms with Crippen molar-refractivity contribution in [1.82, 2.24) is 0 Å². The van der Waals surface area contributed by atoms with Crippen LogP contribution in [0.15, 0.2) is 42.5 Å². The Morgan fingerprint density at radius 1 is 1.15 bits per heavy atom. The molecule has 0 saturated carbocycles. The van der Waals surface area contributed by atoms with Gasteiger partial charge in [-0.15, -0.1) is 0 Å². The van der Waals surface area contributed by atoms with Gasteiger partial charge in [0.25, 0.3) is 5.91 Å². The summed E-state index contributed by atoms with van der Waals surface area (Å²) >= 11 is 0. The number of hydrogen-bond acceptors (Lipinski definition) is 3. The number of carbonyl (C=O) groups excluding carboxylic acids is 1. The smallest absolute Gasteiger partial charge is 0.255 e. The lowest BCUT2D eigenvalue weighted by Crippen LogP contribution is -2.22. The Hall–Kier alpha value is -2.56. The van der Waals surface area contributed by atoms with Gasteiger partial charge in [0.1, 0.15) is 17.3 Å². The van der Waals surface area contributed by atoms with E-state index in [1.165, 1.54) is 6.07 Å². The van der Waals surface area contributed by atoms with Crippen molar-refractivity contribution >= 4 is 17.3 Å². The van der Waals surface area contributed by atoms with E-state index in [1.54, 1.807) is 30.3 Å². The van der Waals surface area contributed by atoms with Gasteiger partial charge >= 0.3 is 0 Å². The summed E-state index contributed by atoms with van der Waals surface area (Å²) in [7, 11) is 0. The Labute approximate surface area is 160 Å². The molecule has 0 radical (unpaired) electrons. The number of benzene rings is 2. The number of nitrogens with zero attached hydrogens (tertiary/aromatic N) is 1. The fourth-order valence-electron chi connectivity index (χ4n) is 3.16. The standard InChI is InChI=1S/C22H27FN2O2/c1-16(2)12-15-27-18-10-8-17(9-11-18)22(26)24-21-19(23)6-5-7-20(21)25-13-3-4-14-25/h5-11,16H,3-4,12-15H2,1-2H3,(H,24,26). The molecule has 1 aliphatic rings. The summed E-state index contributed by atoms with van der Waals surface area (Å²) in [4.78, 5) is 14.7. The number of anilines is 2. The van der Waals surface area contributed by atoms with Crippen molar-refractivity contribution in [3.05, 3.63) is 53.8 Å². The highest BCUT2D eigenvalue weighted by atomic mass is 19.1. The van der Waals surface area contributed by atoms with Crippen molar-refractivity contribution in [3.8, 4) is 5.75 Å². The summed E-state index contributed by atoms with van der Waals surface area (Å²) in [5, 5.41) is 2.75. The highest BCUT2D eigenvalue weighted by molar-refractivity contribution is 6.06. The van der Waals surface area contributed by atoms with Gasteiger partial charge in [-0.05, 0) is 61.6 Å². The van der Waals surface area contributed by atoms with Crippen molar-refractivity contribution in [2.45, 2.75) is 33.1 Å². The van der Waals surface area contributed by atoms with Crippen LogP contribution in [0.3, 0.4) is 0 Å². The first-order chi connectivity index (χ1) is 13.0. The van der Waals surface area contributed by atoms with Crippen LogP contribution in [0.5, 0.6) is 5.75 Å². The molecule has 1 heterocycles. The molecule has 5 heteroatoms. The molecular weight excluding hydrogens is 343 g/mol. The van der Waals surface area contributed by atoms with Crippen LogP contribution in [-0.4, -0.2) is 25.6 Å². The fourth-order valence-corrected chi connectivity index (χ4v) is 3.16. The molecule has 1 N–H and O–H groups in total. The SMILES string of the molecule is CC(C)CCOc1ccc(C(=O)Nc2c(F)cccc2N2CCCC2)cc1. The van der Waals surface area contributed by atoms with E-state index in [9.17, 15) is 9.18 Å². The first-order valence-corrected chi connectivity index (χ1v) is 9.62. The van der Waals surface area contributed by atoms with Crippen LogP contribution in [0.4, 0.5) is 15.8 Å². The fraction of sp³-hybridized carbons (Fsp3) is 0.409. The normalized spacial score (nSPS) is 13.9. The van der Waals surface area contributed by atoms with Gasteiger partial charge in [0, 0.05) is 18.7 Å². The molecule has 27 heavy (non-hydrogen) atoms. The zero-order valence-corrected chi connectivity index (χ0v) is 16.0. The van der Waals surface area contributed by atoms with Crippen LogP contribution in [0.2, 0.25) is 0 Å². The quantitative estimate of drug-likeness (QED) is 0.737. The van der Waals surface area contributed by atoms with Crippen molar-refractivity contribution in [1.29, 1.82) is 0 Å². The van der Waals surface area contributed by atoms with Gasteiger partial charge in [0.2, 0.25) is 0 Å². The van der Waals surface area contributed by atoms with Gasteiger partial charge in [-0.3, -0.25) is 4.79 Å². The summed E-state index contributed by atoms with van der Waals surface area (Å²) in [5.41, 5.74) is 1.47. The number of para-hydroxylation sites is 1. The highest BCUT2D eigenvalue weighted by Crippen LogP contribution is 2.31. The number of amides is 1. The third-order valence-electron chi connectivity index (χ3n) is 4.76. The average molecular weight is 370 g/mol. The Bertz CT molecular complexity index is 768. The van der Waals surface area contributed by atoms with Gasteiger partial charge in [0.05, 0.1) is 12.3 Å². The maximum Gasteiger partial charge on any atom is 0.255 e. The molecule has 2 aromatic carbocycles. The van der Waals surface area contributed by atoms with E-state index < -0.39 is 5.82 Å². The highest BCUT2D eigenvalue weighted by Gasteiger charge is 2.20. The number of halogens is 1. The van der Waals surface area contributed by atoms with Crippen LogP contribution >= 0.6 is 0 Å². The molecule has 0 aliphatic carbocycles. The van der Waals surface area contributed by atoms with Gasteiger partial charge in [0.15, 0.2) is 0 Å². The Morgan fingerprint density at radius 3 is 2.52 bits per heavy atom. The third-order valence-corrected chi connectivity index (χ3v) is 4.76. The molecule has 2 aromatic rings. The first kappa shape index (κ1) is 19.2. The lowest BCUT2D eigenvalue weighted by Gasteiger charge is -2.22. The van der Waals surface area contributed by atoms with Crippen LogP contribution in [0.1, 0.15) is 43.5 Å². The van der Waals surface area contributed by atoms with Gasteiger partial charge in [-0.25, -0.2) is 4.39 Å². The second kappa shape index (κ2) is 8.89. The summed E-state index contributed by atoms with van der Waals surface area (Å²) in [5.74, 6) is 0.576. The maximum atomic E-state index is 14.4. The Kier molecular flexibility index (Phi) is 6.32. The van der Waals surface area contributed by atoms with E-state index in [-0.39, 0.29) is 11.6 Å². The van der Waals surface area contributed by atoms with Crippen molar-refractivity contribution in [2.75, 3.05) is 29.9 Å². The largest absolute Gasteiger partial charge is 0.494 e. The lowest BCUT2D eigenvalue weighted by atomic mass is 10.1. The van der Waals surface area contributed by atoms with E-state index >= 15 is 0 Å².